The Morgan fingerprint density at radius 3 is 2.53 bits per heavy atom. The Morgan fingerprint density at radius 2 is 1.93 bits per heavy atom. The van der Waals surface area contributed by atoms with Gasteiger partial charge in [-0.05, 0) is 69.7 Å². The fourth-order valence-electron chi connectivity index (χ4n) is 2.05. The first-order valence-electron chi connectivity index (χ1n) is 4.71. The second kappa shape index (κ2) is 3.78. The van der Waals surface area contributed by atoms with Crippen LogP contribution in [0.5, 0.6) is 0 Å². The molecule has 0 bridgehead atoms. The van der Waals surface area contributed by atoms with E-state index in [0.717, 1.165) is 18.3 Å². The molecule has 0 fully saturated rings. The van der Waals surface area contributed by atoms with Crippen LogP contribution in [0.15, 0.2) is 6.07 Å². The van der Waals surface area contributed by atoms with Gasteiger partial charge >= 0.3 is 0 Å². The van der Waals surface area contributed by atoms with E-state index in [1.165, 1.54) is 0 Å². The SMILES string of the molecule is Cc1cc2c(c(I)c1I)C(F)(F)C(C)C2. The van der Waals surface area contributed by atoms with Gasteiger partial charge in [0.15, 0.2) is 0 Å². The quantitative estimate of drug-likeness (QED) is 0.529. The number of alkyl halides is 2. The summed E-state index contributed by atoms with van der Waals surface area (Å²) in [5, 5.41) is 0. The van der Waals surface area contributed by atoms with Crippen molar-refractivity contribution >= 4 is 45.2 Å². The van der Waals surface area contributed by atoms with Crippen molar-refractivity contribution in [3.8, 4) is 0 Å². The predicted octanol–water partition coefficient (Wildman–Crippen LogP) is 4.49. The lowest BCUT2D eigenvalue weighted by atomic mass is 10.0. The van der Waals surface area contributed by atoms with Gasteiger partial charge in [0, 0.05) is 18.6 Å². The van der Waals surface area contributed by atoms with Crippen molar-refractivity contribution in [1.82, 2.24) is 0 Å². The van der Waals surface area contributed by atoms with Crippen molar-refractivity contribution in [3.05, 3.63) is 29.9 Å². The summed E-state index contributed by atoms with van der Waals surface area (Å²) >= 11 is 4.19. The highest BCUT2D eigenvalue weighted by Gasteiger charge is 2.47. The third-order valence-electron chi connectivity index (χ3n) is 2.95. The van der Waals surface area contributed by atoms with Crippen molar-refractivity contribution in [2.75, 3.05) is 0 Å². The Kier molecular flexibility index (Phi) is 3.03. The van der Waals surface area contributed by atoms with Gasteiger partial charge in [-0.25, -0.2) is 8.78 Å². The normalized spacial score (nSPS) is 22.9. The van der Waals surface area contributed by atoms with Crippen molar-refractivity contribution in [3.63, 3.8) is 0 Å². The average Bonchev–Trinajstić information content (AvgIpc) is 2.34. The molecule has 15 heavy (non-hydrogen) atoms. The third-order valence-corrected chi connectivity index (χ3v) is 6.45. The molecule has 4 heteroatoms. The van der Waals surface area contributed by atoms with Gasteiger partial charge in [0.2, 0.25) is 0 Å². The molecule has 0 heterocycles. The molecule has 0 amide bonds. The largest absolute Gasteiger partial charge is 0.277 e. The zero-order valence-electron chi connectivity index (χ0n) is 8.37. The molecular weight excluding hydrogens is 424 g/mol. The van der Waals surface area contributed by atoms with E-state index in [1.807, 2.05) is 35.6 Å². The summed E-state index contributed by atoms with van der Waals surface area (Å²) in [6, 6.07) is 1.91. The molecule has 0 nitrogen and oxygen atoms in total. The monoisotopic (exact) mass is 434 g/mol. The summed E-state index contributed by atoms with van der Waals surface area (Å²) < 4.78 is 29.5. The Balaban J connectivity index is 2.72. The molecule has 1 aromatic carbocycles. The number of fused-ring (bicyclic) bond motifs is 1. The van der Waals surface area contributed by atoms with Crippen LogP contribution in [-0.4, -0.2) is 0 Å². The van der Waals surface area contributed by atoms with Crippen LogP contribution in [0.1, 0.15) is 23.6 Å². The molecule has 1 aliphatic rings. The van der Waals surface area contributed by atoms with Gasteiger partial charge in [0.25, 0.3) is 5.92 Å². The Hall–Kier alpha value is 0.540. The molecule has 0 aliphatic heterocycles. The second-order valence-electron chi connectivity index (χ2n) is 4.08. The van der Waals surface area contributed by atoms with E-state index in [-0.39, 0.29) is 5.56 Å². The van der Waals surface area contributed by atoms with E-state index in [2.05, 4.69) is 22.6 Å². The molecule has 0 spiro atoms. The van der Waals surface area contributed by atoms with E-state index in [0.29, 0.717) is 6.42 Å². The maximum absolute atomic E-state index is 13.9. The molecule has 1 unspecified atom stereocenters. The molecule has 1 aromatic rings. The van der Waals surface area contributed by atoms with Gasteiger partial charge in [0.05, 0.1) is 0 Å². The van der Waals surface area contributed by atoms with Crippen LogP contribution in [0.25, 0.3) is 0 Å². The van der Waals surface area contributed by atoms with Crippen LogP contribution in [0.2, 0.25) is 0 Å². The molecule has 0 saturated carbocycles. The molecule has 82 valence electrons. The highest BCUT2D eigenvalue weighted by atomic mass is 127. The molecule has 0 saturated heterocycles. The van der Waals surface area contributed by atoms with E-state index in [4.69, 9.17) is 0 Å². The lowest BCUT2D eigenvalue weighted by molar-refractivity contribution is -0.0458. The van der Waals surface area contributed by atoms with Gasteiger partial charge in [-0.3, -0.25) is 0 Å². The number of benzene rings is 1. The van der Waals surface area contributed by atoms with Crippen LogP contribution < -0.4 is 0 Å². The van der Waals surface area contributed by atoms with Crippen molar-refractivity contribution in [2.45, 2.75) is 26.2 Å². The lowest BCUT2D eigenvalue weighted by Gasteiger charge is -2.17. The fourth-order valence-corrected chi connectivity index (χ4v) is 3.60. The van der Waals surface area contributed by atoms with Gasteiger partial charge in [-0.1, -0.05) is 13.0 Å². The maximum Gasteiger partial charge on any atom is 0.277 e. The van der Waals surface area contributed by atoms with Crippen molar-refractivity contribution in [1.29, 1.82) is 0 Å². The average molecular weight is 434 g/mol. The number of aryl methyl sites for hydroxylation is 1. The highest BCUT2D eigenvalue weighted by Crippen LogP contribution is 2.48. The molecular formula is C11H10F2I2. The maximum atomic E-state index is 13.9. The molecule has 1 aliphatic carbocycles. The smallest absolute Gasteiger partial charge is 0.201 e. The van der Waals surface area contributed by atoms with E-state index < -0.39 is 11.8 Å². The first kappa shape index (κ1) is 12.0. The Bertz CT molecular complexity index is 427. The van der Waals surface area contributed by atoms with Gasteiger partial charge in [-0.15, -0.1) is 0 Å². The van der Waals surface area contributed by atoms with Gasteiger partial charge in [0.1, 0.15) is 0 Å². The van der Waals surface area contributed by atoms with Crippen molar-refractivity contribution in [2.24, 2.45) is 5.92 Å². The van der Waals surface area contributed by atoms with Crippen LogP contribution >= 0.6 is 45.2 Å². The number of hydrogen-bond donors (Lipinski definition) is 0. The van der Waals surface area contributed by atoms with Gasteiger partial charge in [-0.2, -0.15) is 0 Å². The number of rotatable bonds is 0. The lowest BCUT2D eigenvalue weighted by Crippen LogP contribution is -2.19. The standard InChI is InChI=1S/C11H10F2I2/c1-5-3-7-4-6(2)11(12,13)8(7)10(15)9(5)14/h3,6H,4H2,1-2H3. The van der Waals surface area contributed by atoms with E-state index >= 15 is 0 Å². The van der Waals surface area contributed by atoms with Crippen LogP contribution in [0.4, 0.5) is 8.78 Å². The summed E-state index contributed by atoms with van der Waals surface area (Å²) in [6.07, 6.45) is 0.496. The highest BCUT2D eigenvalue weighted by molar-refractivity contribution is 14.1. The molecule has 1 atom stereocenters. The summed E-state index contributed by atoms with van der Waals surface area (Å²) in [5.41, 5.74) is 2.20. The Labute approximate surface area is 115 Å². The van der Waals surface area contributed by atoms with Crippen LogP contribution in [0, 0.1) is 20.0 Å². The summed E-state index contributed by atoms with van der Waals surface area (Å²) in [5.74, 6) is -3.22. The zero-order chi connectivity index (χ0) is 11.4. The van der Waals surface area contributed by atoms with E-state index in [1.54, 1.807) is 6.92 Å². The minimum atomic E-state index is -2.65. The molecule has 0 aromatic heterocycles. The summed E-state index contributed by atoms with van der Waals surface area (Å²) in [4.78, 5) is 0. The second-order valence-corrected chi connectivity index (χ2v) is 6.24. The van der Waals surface area contributed by atoms with Gasteiger partial charge < -0.3 is 0 Å². The van der Waals surface area contributed by atoms with Crippen LogP contribution in [-0.2, 0) is 12.3 Å². The Morgan fingerprint density at radius 1 is 1.33 bits per heavy atom. The minimum absolute atomic E-state index is 0.269. The zero-order valence-corrected chi connectivity index (χ0v) is 12.7. The molecule has 0 radical (unpaired) electrons. The fraction of sp³-hybridized carbons (Fsp3) is 0.455. The minimum Gasteiger partial charge on any atom is -0.201 e. The summed E-state index contributed by atoms with van der Waals surface area (Å²) in [7, 11) is 0. The first-order chi connectivity index (χ1) is 6.85. The molecule has 2 rings (SSSR count). The molecule has 0 N–H and O–H groups in total. The summed E-state index contributed by atoms with van der Waals surface area (Å²) in [6.45, 7) is 3.60. The predicted molar refractivity (Wildman–Crippen MR) is 73.4 cm³/mol. The number of hydrogen-bond acceptors (Lipinski definition) is 0. The van der Waals surface area contributed by atoms with Crippen molar-refractivity contribution < 1.29 is 8.78 Å². The third kappa shape index (κ3) is 1.71. The van der Waals surface area contributed by atoms with E-state index in [9.17, 15) is 8.78 Å². The number of halogens is 4. The first-order valence-corrected chi connectivity index (χ1v) is 6.87. The topological polar surface area (TPSA) is 0 Å². The van der Waals surface area contributed by atoms with Crippen LogP contribution in [0.3, 0.4) is 0 Å².